The topological polar surface area (TPSA) is 28.2 Å². The molecule has 0 saturated heterocycles. The molecule has 1 N–H and O–H groups in total. The molecular formula is C14H25N3. The molecule has 96 valence electrons. The first kappa shape index (κ1) is 14.0. The Morgan fingerprint density at radius 3 is 2.65 bits per heavy atom. The van der Waals surface area contributed by atoms with Crippen molar-refractivity contribution in [2.24, 2.45) is 0 Å². The lowest BCUT2D eigenvalue weighted by Gasteiger charge is -2.25. The minimum absolute atomic E-state index is 0.524. The zero-order valence-corrected chi connectivity index (χ0v) is 11.7. The van der Waals surface area contributed by atoms with E-state index in [1.54, 1.807) is 0 Å². The summed E-state index contributed by atoms with van der Waals surface area (Å²) in [7, 11) is 2.12. The van der Waals surface area contributed by atoms with Crippen LogP contribution in [0.1, 0.15) is 38.4 Å². The first-order chi connectivity index (χ1) is 8.08. The summed E-state index contributed by atoms with van der Waals surface area (Å²) < 4.78 is 0. The lowest BCUT2D eigenvalue weighted by atomic mass is 10.2. The lowest BCUT2D eigenvalue weighted by Crippen LogP contribution is -2.29. The number of rotatable bonds is 6. The van der Waals surface area contributed by atoms with Gasteiger partial charge in [-0.25, -0.2) is 4.98 Å². The fraction of sp³-hybridized carbons (Fsp3) is 0.643. The second-order valence-corrected chi connectivity index (χ2v) is 4.62. The van der Waals surface area contributed by atoms with E-state index in [4.69, 9.17) is 0 Å². The second-order valence-electron chi connectivity index (χ2n) is 4.62. The predicted molar refractivity (Wildman–Crippen MR) is 74.5 cm³/mol. The van der Waals surface area contributed by atoms with Crippen molar-refractivity contribution in [3.63, 3.8) is 0 Å². The highest BCUT2D eigenvalue weighted by Gasteiger charge is 2.10. The predicted octanol–water partition coefficient (Wildman–Crippen LogP) is 2.73. The molecule has 0 aliphatic heterocycles. The molecule has 3 heteroatoms. The van der Waals surface area contributed by atoms with Crippen molar-refractivity contribution in [1.82, 2.24) is 10.3 Å². The van der Waals surface area contributed by atoms with Crippen molar-refractivity contribution >= 4 is 5.82 Å². The molecule has 0 bridgehead atoms. The van der Waals surface area contributed by atoms with E-state index in [0.717, 1.165) is 31.0 Å². The van der Waals surface area contributed by atoms with Crippen LogP contribution in [0.3, 0.4) is 0 Å². The number of aryl methyl sites for hydroxylation is 1. The maximum atomic E-state index is 4.61. The van der Waals surface area contributed by atoms with E-state index < -0.39 is 0 Å². The standard InChI is InChI=1S/C14H25N3/c1-6-12(4)17(5)14-9-13(10-15-7-2)8-11(3)16-14/h8-9,12,15H,6-7,10H2,1-5H3. The van der Waals surface area contributed by atoms with E-state index in [1.807, 2.05) is 0 Å². The summed E-state index contributed by atoms with van der Waals surface area (Å²) in [5.74, 6) is 1.08. The van der Waals surface area contributed by atoms with Gasteiger partial charge in [-0.3, -0.25) is 0 Å². The van der Waals surface area contributed by atoms with Crippen LogP contribution in [0.5, 0.6) is 0 Å². The maximum Gasteiger partial charge on any atom is 0.129 e. The third-order valence-electron chi connectivity index (χ3n) is 3.19. The van der Waals surface area contributed by atoms with Gasteiger partial charge >= 0.3 is 0 Å². The number of anilines is 1. The summed E-state index contributed by atoms with van der Waals surface area (Å²) in [4.78, 5) is 6.86. The van der Waals surface area contributed by atoms with Gasteiger partial charge in [0.2, 0.25) is 0 Å². The van der Waals surface area contributed by atoms with Crippen LogP contribution < -0.4 is 10.2 Å². The minimum atomic E-state index is 0.524. The molecule has 1 rings (SSSR count). The molecule has 0 aliphatic rings. The second kappa shape index (κ2) is 6.60. The van der Waals surface area contributed by atoms with Crippen LogP contribution in [0.15, 0.2) is 12.1 Å². The van der Waals surface area contributed by atoms with Crippen molar-refractivity contribution in [3.05, 3.63) is 23.4 Å². The van der Waals surface area contributed by atoms with E-state index in [9.17, 15) is 0 Å². The Bertz CT molecular complexity index is 349. The summed E-state index contributed by atoms with van der Waals surface area (Å²) >= 11 is 0. The molecule has 1 aromatic rings. The molecule has 0 amide bonds. The van der Waals surface area contributed by atoms with Crippen LogP contribution in [0.25, 0.3) is 0 Å². The quantitative estimate of drug-likeness (QED) is 0.821. The molecule has 1 aromatic heterocycles. The molecule has 1 heterocycles. The average Bonchev–Trinajstić information content (AvgIpc) is 2.33. The van der Waals surface area contributed by atoms with Crippen LogP contribution in [0, 0.1) is 6.92 Å². The van der Waals surface area contributed by atoms with Crippen LogP contribution in [-0.2, 0) is 6.54 Å². The summed E-state index contributed by atoms with van der Waals surface area (Å²) in [5.41, 5.74) is 2.40. The van der Waals surface area contributed by atoms with Gasteiger partial charge in [-0.15, -0.1) is 0 Å². The number of hydrogen-bond acceptors (Lipinski definition) is 3. The molecule has 0 aliphatic carbocycles. The van der Waals surface area contributed by atoms with Crippen molar-refractivity contribution in [3.8, 4) is 0 Å². The largest absolute Gasteiger partial charge is 0.357 e. The van der Waals surface area contributed by atoms with Crippen LogP contribution in [0.4, 0.5) is 5.82 Å². The van der Waals surface area contributed by atoms with Crippen LogP contribution >= 0.6 is 0 Å². The number of pyridine rings is 1. The molecule has 1 atom stereocenters. The molecule has 17 heavy (non-hydrogen) atoms. The molecule has 1 unspecified atom stereocenters. The number of nitrogens with one attached hydrogen (secondary N) is 1. The smallest absolute Gasteiger partial charge is 0.129 e. The van der Waals surface area contributed by atoms with Crippen molar-refractivity contribution in [1.29, 1.82) is 0 Å². The Morgan fingerprint density at radius 2 is 2.06 bits per heavy atom. The van der Waals surface area contributed by atoms with Crippen molar-refractivity contribution in [2.75, 3.05) is 18.5 Å². The molecule has 3 nitrogen and oxygen atoms in total. The highest BCUT2D eigenvalue weighted by molar-refractivity contribution is 5.42. The average molecular weight is 235 g/mol. The summed E-state index contributed by atoms with van der Waals surface area (Å²) in [6, 6.07) is 4.86. The first-order valence-electron chi connectivity index (χ1n) is 6.49. The monoisotopic (exact) mass is 235 g/mol. The Balaban J connectivity index is 2.88. The number of nitrogens with zero attached hydrogens (tertiary/aromatic N) is 2. The van der Waals surface area contributed by atoms with E-state index in [0.29, 0.717) is 6.04 Å². The maximum absolute atomic E-state index is 4.61. The van der Waals surface area contributed by atoms with Crippen molar-refractivity contribution in [2.45, 2.75) is 46.7 Å². The van der Waals surface area contributed by atoms with Crippen molar-refractivity contribution < 1.29 is 0 Å². The van der Waals surface area contributed by atoms with E-state index in [1.165, 1.54) is 5.56 Å². The Labute approximate surface area is 105 Å². The third kappa shape index (κ3) is 4.00. The highest BCUT2D eigenvalue weighted by Crippen LogP contribution is 2.17. The zero-order chi connectivity index (χ0) is 12.8. The van der Waals surface area contributed by atoms with Crippen LogP contribution in [0.2, 0.25) is 0 Å². The molecule has 0 radical (unpaired) electrons. The fourth-order valence-corrected chi connectivity index (χ4v) is 1.77. The fourth-order valence-electron chi connectivity index (χ4n) is 1.77. The summed E-state index contributed by atoms with van der Waals surface area (Å²) in [6.45, 7) is 10.5. The third-order valence-corrected chi connectivity index (χ3v) is 3.19. The summed E-state index contributed by atoms with van der Waals surface area (Å²) in [5, 5.41) is 3.35. The SMILES string of the molecule is CCNCc1cc(C)nc(N(C)C(C)CC)c1. The highest BCUT2D eigenvalue weighted by atomic mass is 15.2. The van der Waals surface area contributed by atoms with E-state index in [2.05, 4.69) is 62.1 Å². The van der Waals surface area contributed by atoms with Gasteiger partial charge in [0.15, 0.2) is 0 Å². The zero-order valence-electron chi connectivity index (χ0n) is 11.7. The van der Waals surface area contributed by atoms with Crippen LogP contribution in [-0.4, -0.2) is 24.6 Å². The molecular weight excluding hydrogens is 210 g/mol. The number of aromatic nitrogens is 1. The van der Waals surface area contributed by atoms with Gasteiger partial charge in [0.05, 0.1) is 0 Å². The first-order valence-corrected chi connectivity index (χ1v) is 6.49. The molecule has 0 aromatic carbocycles. The van der Waals surface area contributed by atoms with Gasteiger partial charge < -0.3 is 10.2 Å². The van der Waals surface area contributed by atoms with Gasteiger partial charge in [-0.2, -0.15) is 0 Å². The lowest BCUT2D eigenvalue weighted by molar-refractivity contribution is 0.654. The Morgan fingerprint density at radius 1 is 1.35 bits per heavy atom. The van der Waals surface area contributed by atoms with E-state index >= 15 is 0 Å². The van der Waals surface area contributed by atoms with Gasteiger partial charge in [-0.1, -0.05) is 13.8 Å². The normalized spacial score (nSPS) is 12.5. The van der Waals surface area contributed by atoms with Gasteiger partial charge in [0.1, 0.15) is 5.82 Å². The van der Waals surface area contributed by atoms with E-state index in [-0.39, 0.29) is 0 Å². The molecule has 0 spiro atoms. The minimum Gasteiger partial charge on any atom is -0.357 e. The summed E-state index contributed by atoms with van der Waals surface area (Å²) in [6.07, 6.45) is 1.13. The molecule has 0 saturated carbocycles. The van der Waals surface area contributed by atoms with Gasteiger partial charge in [-0.05, 0) is 44.5 Å². The Hall–Kier alpha value is -1.09. The molecule has 0 fully saturated rings. The van der Waals surface area contributed by atoms with Gasteiger partial charge in [0.25, 0.3) is 0 Å². The Kier molecular flexibility index (Phi) is 5.42. The van der Waals surface area contributed by atoms with Gasteiger partial charge in [0, 0.05) is 25.3 Å². The number of hydrogen-bond donors (Lipinski definition) is 1.